The zero-order chi connectivity index (χ0) is 11.2. The molecule has 0 aliphatic carbocycles. The van der Waals surface area contributed by atoms with Gasteiger partial charge in [-0.3, -0.25) is 0 Å². The molecule has 1 aromatic heterocycles. The van der Waals surface area contributed by atoms with Crippen molar-refractivity contribution in [3.8, 4) is 0 Å². The van der Waals surface area contributed by atoms with Gasteiger partial charge >= 0.3 is 6.18 Å². The third-order valence-corrected chi connectivity index (χ3v) is 2.64. The Balaban J connectivity index is 2.56. The maximum absolute atomic E-state index is 12.5. The molecule has 15 heavy (non-hydrogen) atoms. The minimum absolute atomic E-state index is 0.114. The molecule has 82 valence electrons. The van der Waals surface area contributed by atoms with Crippen molar-refractivity contribution in [2.45, 2.75) is 25.9 Å². The molecule has 0 aromatic carbocycles. The zero-order valence-electron chi connectivity index (χ0n) is 8.44. The van der Waals surface area contributed by atoms with Gasteiger partial charge in [0, 0.05) is 12.5 Å². The molecule has 0 saturated heterocycles. The average Bonchev–Trinajstić information content (AvgIpc) is 2.47. The van der Waals surface area contributed by atoms with E-state index >= 15 is 0 Å². The summed E-state index contributed by atoms with van der Waals surface area (Å²) < 4.78 is 37.4. The summed E-state index contributed by atoms with van der Waals surface area (Å²) in [6.45, 7) is 4.18. The SMILES string of the molecule is Cc1nc(C(F)(F)F)cc2c1NCC2C. The summed E-state index contributed by atoms with van der Waals surface area (Å²) in [5.41, 5.74) is 1.10. The summed E-state index contributed by atoms with van der Waals surface area (Å²) in [6, 6.07) is 1.15. The van der Waals surface area contributed by atoms with Crippen molar-refractivity contribution in [3.63, 3.8) is 0 Å². The summed E-state index contributed by atoms with van der Waals surface area (Å²) in [6.07, 6.45) is -4.36. The highest BCUT2D eigenvalue weighted by molar-refractivity contribution is 5.61. The number of anilines is 1. The van der Waals surface area contributed by atoms with Crippen LogP contribution in [0.3, 0.4) is 0 Å². The second-order valence-corrected chi connectivity index (χ2v) is 3.84. The van der Waals surface area contributed by atoms with Crippen molar-refractivity contribution in [2.75, 3.05) is 11.9 Å². The molecule has 0 fully saturated rings. The van der Waals surface area contributed by atoms with Gasteiger partial charge in [-0.25, -0.2) is 4.98 Å². The number of fused-ring (bicyclic) bond motifs is 1. The number of aromatic nitrogens is 1. The topological polar surface area (TPSA) is 24.9 Å². The van der Waals surface area contributed by atoms with Crippen LogP contribution in [0.4, 0.5) is 18.9 Å². The molecule has 2 rings (SSSR count). The van der Waals surface area contributed by atoms with Crippen molar-refractivity contribution < 1.29 is 13.2 Å². The van der Waals surface area contributed by atoms with Gasteiger partial charge in [-0.05, 0) is 18.6 Å². The average molecular weight is 216 g/mol. The van der Waals surface area contributed by atoms with Crippen molar-refractivity contribution in [3.05, 3.63) is 23.0 Å². The van der Waals surface area contributed by atoms with Gasteiger partial charge in [0.05, 0.1) is 11.4 Å². The molecular weight excluding hydrogens is 205 g/mol. The minimum atomic E-state index is -4.36. The lowest BCUT2D eigenvalue weighted by molar-refractivity contribution is -0.141. The smallest absolute Gasteiger partial charge is 0.383 e. The Morgan fingerprint density at radius 1 is 1.47 bits per heavy atom. The van der Waals surface area contributed by atoms with Gasteiger partial charge in [-0.15, -0.1) is 0 Å². The third-order valence-electron chi connectivity index (χ3n) is 2.64. The fourth-order valence-electron chi connectivity index (χ4n) is 1.83. The fraction of sp³-hybridized carbons (Fsp3) is 0.500. The van der Waals surface area contributed by atoms with Gasteiger partial charge in [0.15, 0.2) is 0 Å². The summed E-state index contributed by atoms with van der Waals surface area (Å²) in [5.74, 6) is 0.114. The molecule has 0 amide bonds. The number of hydrogen-bond acceptors (Lipinski definition) is 2. The molecule has 1 unspecified atom stereocenters. The van der Waals surface area contributed by atoms with Crippen LogP contribution in [0.5, 0.6) is 0 Å². The highest BCUT2D eigenvalue weighted by Gasteiger charge is 2.35. The number of alkyl halides is 3. The normalized spacial score (nSPS) is 19.9. The summed E-state index contributed by atoms with van der Waals surface area (Å²) >= 11 is 0. The van der Waals surface area contributed by atoms with E-state index in [-0.39, 0.29) is 5.92 Å². The molecule has 2 heterocycles. The standard InChI is InChI=1S/C10H11F3N2/c1-5-4-14-9-6(2)15-8(3-7(5)9)10(11,12)13/h3,5,14H,4H2,1-2H3. The Morgan fingerprint density at radius 2 is 2.13 bits per heavy atom. The summed E-state index contributed by atoms with van der Waals surface area (Å²) in [4.78, 5) is 3.56. The van der Waals surface area contributed by atoms with E-state index in [9.17, 15) is 13.2 Å². The van der Waals surface area contributed by atoms with E-state index in [0.29, 0.717) is 12.2 Å². The van der Waals surface area contributed by atoms with E-state index in [1.165, 1.54) is 0 Å². The first kappa shape index (κ1) is 10.3. The maximum Gasteiger partial charge on any atom is 0.433 e. The Morgan fingerprint density at radius 3 is 2.73 bits per heavy atom. The molecule has 0 bridgehead atoms. The summed E-state index contributed by atoms with van der Waals surface area (Å²) in [5, 5.41) is 3.07. The van der Waals surface area contributed by atoms with E-state index in [0.717, 1.165) is 17.3 Å². The molecular formula is C10H11F3N2. The van der Waals surface area contributed by atoms with Crippen LogP contribution < -0.4 is 5.32 Å². The first-order valence-electron chi connectivity index (χ1n) is 4.72. The van der Waals surface area contributed by atoms with Crippen LogP contribution >= 0.6 is 0 Å². The van der Waals surface area contributed by atoms with Crippen LogP contribution in [0.25, 0.3) is 0 Å². The lowest BCUT2D eigenvalue weighted by Gasteiger charge is -2.11. The molecule has 1 aliphatic rings. The minimum Gasteiger partial charge on any atom is -0.383 e. The van der Waals surface area contributed by atoms with Crippen LogP contribution in [0.15, 0.2) is 6.07 Å². The number of rotatable bonds is 0. The molecule has 1 N–H and O–H groups in total. The van der Waals surface area contributed by atoms with Crippen molar-refractivity contribution >= 4 is 5.69 Å². The molecule has 2 nitrogen and oxygen atoms in total. The highest BCUT2D eigenvalue weighted by atomic mass is 19.4. The van der Waals surface area contributed by atoms with Gasteiger partial charge in [0.2, 0.25) is 0 Å². The third kappa shape index (κ3) is 1.66. The lowest BCUT2D eigenvalue weighted by atomic mass is 10.0. The highest BCUT2D eigenvalue weighted by Crippen LogP contribution is 2.37. The number of nitrogens with zero attached hydrogens (tertiary/aromatic N) is 1. The lowest BCUT2D eigenvalue weighted by Crippen LogP contribution is -2.10. The zero-order valence-corrected chi connectivity index (χ0v) is 8.44. The van der Waals surface area contributed by atoms with Crippen molar-refractivity contribution in [1.82, 2.24) is 4.98 Å². The number of hydrogen-bond donors (Lipinski definition) is 1. The molecule has 0 radical (unpaired) electrons. The molecule has 0 spiro atoms. The van der Waals surface area contributed by atoms with E-state index < -0.39 is 11.9 Å². The van der Waals surface area contributed by atoms with E-state index in [1.54, 1.807) is 6.92 Å². The van der Waals surface area contributed by atoms with Crippen LogP contribution in [0, 0.1) is 6.92 Å². The maximum atomic E-state index is 12.5. The van der Waals surface area contributed by atoms with Gasteiger partial charge < -0.3 is 5.32 Å². The summed E-state index contributed by atoms with van der Waals surface area (Å²) in [7, 11) is 0. The number of aryl methyl sites for hydroxylation is 1. The Bertz CT molecular complexity index is 398. The van der Waals surface area contributed by atoms with Crippen LogP contribution in [0.1, 0.15) is 29.8 Å². The van der Waals surface area contributed by atoms with Crippen molar-refractivity contribution in [1.29, 1.82) is 0 Å². The van der Waals surface area contributed by atoms with Crippen LogP contribution in [0.2, 0.25) is 0 Å². The monoisotopic (exact) mass is 216 g/mol. The number of halogens is 3. The Kier molecular flexibility index (Phi) is 2.13. The second-order valence-electron chi connectivity index (χ2n) is 3.84. The van der Waals surface area contributed by atoms with E-state index in [2.05, 4.69) is 10.3 Å². The van der Waals surface area contributed by atoms with Gasteiger partial charge in [-0.2, -0.15) is 13.2 Å². The first-order valence-corrected chi connectivity index (χ1v) is 4.72. The second kappa shape index (κ2) is 3.12. The van der Waals surface area contributed by atoms with E-state index in [1.807, 2.05) is 6.92 Å². The number of pyridine rings is 1. The van der Waals surface area contributed by atoms with Gasteiger partial charge in [-0.1, -0.05) is 6.92 Å². The van der Waals surface area contributed by atoms with Crippen molar-refractivity contribution in [2.24, 2.45) is 0 Å². The van der Waals surface area contributed by atoms with E-state index in [4.69, 9.17) is 0 Å². The predicted octanol–water partition coefficient (Wildman–Crippen LogP) is 2.94. The van der Waals surface area contributed by atoms with Crippen LogP contribution in [-0.4, -0.2) is 11.5 Å². The molecule has 1 aromatic rings. The first-order chi connectivity index (χ1) is 6.89. The van der Waals surface area contributed by atoms with Gasteiger partial charge in [0.25, 0.3) is 0 Å². The molecule has 5 heteroatoms. The Labute approximate surface area is 85.5 Å². The molecule has 1 aliphatic heterocycles. The fourth-order valence-corrected chi connectivity index (χ4v) is 1.83. The number of nitrogens with one attached hydrogen (secondary N) is 1. The molecule has 1 atom stereocenters. The predicted molar refractivity (Wildman–Crippen MR) is 50.9 cm³/mol. The van der Waals surface area contributed by atoms with Crippen LogP contribution in [-0.2, 0) is 6.18 Å². The van der Waals surface area contributed by atoms with Gasteiger partial charge in [0.1, 0.15) is 5.69 Å². The quantitative estimate of drug-likeness (QED) is 0.721. The Hall–Kier alpha value is -1.26. The largest absolute Gasteiger partial charge is 0.433 e. The molecule has 0 saturated carbocycles.